The molecule has 0 radical (unpaired) electrons. The van der Waals surface area contributed by atoms with Crippen molar-refractivity contribution in [3.05, 3.63) is 53.6 Å². The third kappa shape index (κ3) is 4.35. The molecule has 0 fully saturated rings. The van der Waals surface area contributed by atoms with Gasteiger partial charge in [-0.3, -0.25) is 0 Å². The Bertz CT molecular complexity index is 748. The van der Waals surface area contributed by atoms with Gasteiger partial charge in [-0.05, 0) is 30.2 Å². The third-order valence-electron chi connectivity index (χ3n) is 4.01. The summed E-state index contributed by atoms with van der Waals surface area (Å²) in [4.78, 5) is 13.8. The van der Waals surface area contributed by atoms with Crippen molar-refractivity contribution in [3.8, 4) is 17.2 Å². The average molecular weight is 342 g/mol. The first kappa shape index (κ1) is 17.0. The second kappa shape index (κ2) is 7.79. The molecular formula is C19H22N2O4. The average Bonchev–Trinajstić information content (AvgIpc) is 3.08. The molecule has 0 unspecified atom stereocenters. The molecule has 0 saturated carbocycles. The molecule has 6 heteroatoms. The summed E-state index contributed by atoms with van der Waals surface area (Å²) in [6.07, 6.45) is 0. The van der Waals surface area contributed by atoms with Crippen molar-refractivity contribution in [1.29, 1.82) is 0 Å². The van der Waals surface area contributed by atoms with E-state index in [0.29, 0.717) is 31.2 Å². The highest BCUT2D eigenvalue weighted by Crippen LogP contribution is 2.34. The van der Waals surface area contributed by atoms with E-state index in [1.807, 2.05) is 43.3 Å². The molecular weight excluding hydrogens is 320 g/mol. The first-order valence-electron chi connectivity index (χ1n) is 8.19. The van der Waals surface area contributed by atoms with Crippen molar-refractivity contribution in [3.63, 3.8) is 0 Å². The molecule has 2 aromatic carbocycles. The summed E-state index contributed by atoms with van der Waals surface area (Å²) in [6.45, 7) is 3.65. The number of ether oxygens (including phenoxy) is 3. The smallest absolute Gasteiger partial charge is 0.317 e. The molecule has 0 spiro atoms. The first-order chi connectivity index (χ1) is 12.1. The van der Waals surface area contributed by atoms with Gasteiger partial charge in [0.2, 0.25) is 6.79 Å². The van der Waals surface area contributed by atoms with Crippen molar-refractivity contribution < 1.29 is 19.0 Å². The van der Waals surface area contributed by atoms with Gasteiger partial charge in [0, 0.05) is 19.7 Å². The maximum Gasteiger partial charge on any atom is 0.317 e. The fourth-order valence-corrected chi connectivity index (χ4v) is 2.54. The number of amides is 2. The predicted octanol–water partition coefficient (Wildman–Crippen LogP) is 2.94. The molecule has 3 rings (SSSR count). The monoisotopic (exact) mass is 342 g/mol. The first-order valence-corrected chi connectivity index (χ1v) is 8.19. The molecule has 0 aliphatic carbocycles. The summed E-state index contributed by atoms with van der Waals surface area (Å²) in [6, 6.07) is 13.3. The van der Waals surface area contributed by atoms with Crippen LogP contribution in [0.4, 0.5) is 4.79 Å². The highest BCUT2D eigenvalue weighted by atomic mass is 16.7. The van der Waals surface area contributed by atoms with Crippen LogP contribution in [0.2, 0.25) is 0 Å². The summed E-state index contributed by atoms with van der Waals surface area (Å²) < 4.78 is 16.2. The molecule has 1 aliphatic heterocycles. The van der Waals surface area contributed by atoms with E-state index in [9.17, 15) is 4.79 Å². The van der Waals surface area contributed by atoms with E-state index >= 15 is 0 Å². The predicted molar refractivity (Wildman–Crippen MR) is 94.1 cm³/mol. The lowest BCUT2D eigenvalue weighted by atomic mass is 10.1. The summed E-state index contributed by atoms with van der Waals surface area (Å²) in [5.41, 5.74) is 2.31. The van der Waals surface area contributed by atoms with Crippen molar-refractivity contribution in [2.75, 3.05) is 27.0 Å². The topological polar surface area (TPSA) is 60.0 Å². The Balaban J connectivity index is 1.41. The number of aryl methyl sites for hydroxylation is 1. The van der Waals surface area contributed by atoms with Crippen LogP contribution in [0.1, 0.15) is 11.1 Å². The van der Waals surface area contributed by atoms with Gasteiger partial charge in [0.05, 0.1) is 6.54 Å². The molecule has 2 aromatic rings. The number of carbonyl (C=O) groups excluding carboxylic acids is 1. The van der Waals surface area contributed by atoms with Crippen LogP contribution >= 0.6 is 0 Å². The van der Waals surface area contributed by atoms with Gasteiger partial charge in [0.1, 0.15) is 12.4 Å². The minimum absolute atomic E-state index is 0.127. The summed E-state index contributed by atoms with van der Waals surface area (Å²) in [7, 11) is 1.78. The molecule has 2 amide bonds. The Morgan fingerprint density at radius 2 is 2.00 bits per heavy atom. The van der Waals surface area contributed by atoms with Crippen molar-refractivity contribution in [2.45, 2.75) is 13.5 Å². The van der Waals surface area contributed by atoms with Gasteiger partial charge in [-0.15, -0.1) is 0 Å². The van der Waals surface area contributed by atoms with Crippen molar-refractivity contribution in [1.82, 2.24) is 10.2 Å². The molecule has 1 N–H and O–H groups in total. The van der Waals surface area contributed by atoms with E-state index in [0.717, 1.165) is 11.3 Å². The zero-order chi connectivity index (χ0) is 17.6. The second-order valence-electron chi connectivity index (χ2n) is 5.88. The number of urea groups is 1. The SMILES string of the molecule is Cc1ccccc1CN(C)C(=O)NCCOc1ccc2c(c1)OCO2. The minimum Gasteiger partial charge on any atom is -0.492 e. The fraction of sp³-hybridized carbons (Fsp3) is 0.316. The molecule has 1 aliphatic rings. The zero-order valence-electron chi connectivity index (χ0n) is 14.5. The fourth-order valence-electron chi connectivity index (χ4n) is 2.54. The normalized spacial score (nSPS) is 11.9. The van der Waals surface area contributed by atoms with Gasteiger partial charge in [-0.2, -0.15) is 0 Å². The Hall–Kier alpha value is -2.89. The number of fused-ring (bicyclic) bond motifs is 1. The molecule has 0 saturated heterocycles. The van der Waals surface area contributed by atoms with Crippen LogP contribution in [-0.2, 0) is 6.54 Å². The summed E-state index contributed by atoms with van der Waals surface area (Å²) in [5, 5.41) is 2.85. The van der Waals surface area contributed by atoms with Gasteiger partial charge < -0.3 is 24.4 Å². The molecule has 0 bridgehead atoms. The van der Waals surface area contributed by atoms with E-state index in [-0.39, 0.29) is 12.8 Å². The van der Waals surface area contributed by atoms with Crippen LogP contribution in [0, 0.1) is 6.92 Å². The Morgan fingerprint density at radius 1 is 1.20 bits per heavy atom. The number of nitrogens with one attached hydrogen (secondary N) is 1. The Morgan fingerprint density at radius 3 is 2.84 bits per heavy atom. The third-order valence-corrected chi connectivity index (χ3v) is 4.01. The van der Waals surface area contributed by atoms with Crippen LogP contribution < -0.4 is 19.5 Å². The van der Waals surface area contributed by atoms with Gasteiger partial charge in [-0.1, -0.05) is 24.3 Å². The van der Waals surface area contributed by atoms with Gasteiger partial charge >= 0.3 is 6.03 Å². The van der Waals surface area contributed by atoms with Gasteiger partial charge in [0.25, 0.3) is 0 Å². The lowest BCUT2D eigenvalue weighted by molar-refractivity contribution is 0.173. The number of nitrogens with zero attached hydrogens (tertiary/aromatic N) is 1. The van der Waals surface area contributed by atoms with E-state index in [1.165, 1.54) is 5.56 Å². The maximum atomic E-state index is 12.1. The van der Waals surface area contributed by atoms with E-state index < -0.39 is 0 Å². The lowest BCUT2D eigenvalue weighted by Gasteiger charge is -2.19. The number of benzene rings is 2. The molecule has 132 valence electrons. The van der Waals surface area contributed by atoms with Gasteiger partial charge in [0.15, 0.2) is 11.5 Å². The van der Waals surface area contributed by atoms with Crippen molar-refractivity contribution in [2.24, 2.45) is 0 Å². The summed E-state index contributed by atoms with van der Waals surface area (Å²) in [5.74, 6) is 2.09. The van der Waals surface area contributed by atoms with Crippen LogP contribution in [0.15, 0.2) is 42.5 Å². The molecule has 6 nitrogen and oxygen atoms in total. The second-order valence-corrected chi connectivity index (χ2v) is 5.88. The Labute approximate surface area is 147 Å². The number of hydrogen-bond donors (Lipinski definition) is 1. The number of hydrogen-bond acceptors (Lipinski definition) is 4. The number of rotatable bonds is 6. The van der Waals surface area contributed by atoms with Crippen LogP contribution in [0.25, 0.3) is 0 Å². The molecule has 1 heterocycles. The van der Waals surface area contributed by atoms with Gasteiger partial charge in [-0.25, -0.2) is 4.79 Å². The van der Waals surface area contributed by atoms with E-state index in [4.69, 9.17) is 14.2 Å². The summed E-state index contributed by atoms with van der Waals surface area (Å²) >= 11 is 0. The quantitative estimate of drug-likeness (QED) is 0.820. The highest BCUT2D eigenvalue weighted by molar-refractivity contribution is 5.73. The minimum atomic E-state index is -0.127. The highest BCUT2D eigenvalue weighted by Gasteiger charge is 2.14. The Kier molecular flexibility index (Phi) is 5.28. The molecule has 25 heavy (non-hydrogen) atoms. The van der Waals surface area contributed by atoms with Crippen LogP contribution in [0.3, 0.4) is 0 Å². The van der Waals surface area contributed by atoms with Crippen LogP contribution in [-0.4, -0.2) is 37.9 Å². The molecule has 0 atom stereocenters. The van der Waals surface area contributed by atoms with E-state index in [1.54, 1.807) is 18.0 Å². The maximum absolute atomic E-state index is 12.1. The molecule has 0 aromatic heterocycles. The standard InChI is InChI=1S/C19H22N2O4/c1-14-5-3-4-6-15(14)12-21(2)19(22)20-9-10-23-16-7-8-17-18(11-16)25-13-24-17/h3-8,11H,9-10,12-13H2,1-2H3,(H,20,22). The van der Waals surface area contributed by atoms with Crippen molar-refractivity contribution >= 4 is 6.03 Å². The van der Waals surface area contributed by atoms with E-state index in [2.05, 4.69) is 5.32 Å². The largest absolute Gasteiger partial charge is 0.492 e. The number of carbonyl (C=O) groups is 1. The lowest BCUT2D eigenvalue weighted by Crippen LogP contribution is -2.38. The van der Waals surface area contributed by atoms with Crippen LogP contribution in [0.5, 0.6) is 17.2 Å². The zero-order valence-corrected chi connectivity index (χ0v) is 14.5.